The fraction of sp³-hybridized carbons (Fsp3) is 0. The van der Waals surface area contributed by atoms with E-state index in [9.17, 15) is 9.18 Å². The van der Waals surface area contributed by atoms with Crippen molar-refractivity contribution in [3.63, 3.8) is 0 Å². The number of carbonyl (C=O) groups is 1. The van der Waals surface area contributed by atoms with Crippen molar-refractivity contribution in [1.82, 2.24) is 14.8 Å². The highest BCUT2D eigenvalue weighted by atomic mass is 19.1. The van der Waals surface area contributed by atoms with Crippen LogP contribution < -0.4 is 5.73 Å². The molecule has 76 valence electrons. The number of carbonyl (C=O) groups excluding carboxylic acids is 1. The zero-order valence-electron chi connectivity index (χ0n) is 7.59. The Morgan fingerprint density at radius 1 is 1.40 bits per heavy atom. The summed E-state index contributed by atoms with van der Waals surface area (Å²) in [5.41, 5.74) is 5.20. The van der Waals surface area contributed by atoms with Crippen molar-refractivity contribution in [3.8, 4) is 11.4 Å². The van der Waals surface area contributed by atoms with Crippen molar-refractivity contribution < 1.29 is 9.18 Å². The fourth-order valence-corrected chi connectivity index (χ4v) is 1.14. The van der Waals surface area contributed by atoms with E-state index in [1.165, 1.54) is 12.1 Å². The average molecular weight is 206 g/mol. The van der Waals surface area contributed by atoms with Crippen LogP contribution in [0.15, 0.2) is 30.6 Å². The van der Waals surface area contributed by atoms with Gasteiger partial charge in [-0.2, -0.15) is 4.68 Å². The van der Waals surface area contributed by atoms with E-state index in [0.29, 0.717) is 0 Å². The Labute approximate surface area is 84.3 Å². The first-order valence-corrected chi connectivity index (χ1v) is 4.15. The second-order valence-corrected chi connectivity index (χ2v) is 2.83. The summed E-state index contributed by atoms with van der Waals surface area (Å²) in [6.45, 7) is 0. The summed E-state index contributed by atoms with van der Waals surface area (Å²) < 4.78 is 14.1. The number of amides is 1. The van der Waals surface area contributed by atoms with Crippen LogP contribution >= 0.6 is 0 Å². The van der Waals surface area contributed by atoms with Gasteiger partial charge in [-0.25, -0.2) is 14.2 Å². The maximum absolute atomic E-state index is 13.3. The monoisotopic (exact) mass is 206 g/mol. The molecular weight excluding hydrogens is 199 g/mol. The largest absolute Gasteiger partial charge is 0.350 e. The molecule has 2 N–H and O–H groups in total. The topological polar surface area (TPSA) is 73.8 Å². The lowest BCUT2D eigenvalue weighted by Gasteiger charge is -1.95. The smallest absolute Gasteiger partial charge is 0.340 e. The fourth-order valence-electron chi connectivity index (χ4n) is 1.14. The van der Waals surface area contributed by atoms with Crippen LogP contribution in [0.5, 0.6) is 0 Å². The second kappa shape index (κ2) is 3.49. The summed E-state index contributed by atoms with van der Waals surface area (Å²) in [5, 5.41) is 3.73. The second-order valence-electron chi connectivity index (χ2n) is 2.83. The number of benzene rings is 1. The van der Waals surface area contributed by atoms with E-state index in [1.807, 2.05) is 0 Å². The van der Waals surface area contributed by atoms with Crippen molar-refractivity contribution in [2.24, 2.45) is 5.73 Å². The molecule has 1 aromatic carbocycles. The molecule has 0 spiro atoms. The van der Waals surface area contributed by atoms with Gasteiger partial charge in [0.2, 0.25) is 0 Å². The first kappa shape index (κ1) is 9.32. The summed E-state index contributed by atoms with van der Waals surface area (Å²) in [6.07, 6.45) is 1.14. The van der Waals surface area contributed by atoms with Crippen molar-refractivity contribution >= 4 is 6.03 Å². The average Bonchev–Trinajstić information content (AvgIpc) is 2.67. The molecule has 0 aliphatic heterocycles. The Kier molecular flexibility index (Phi) is 2.17. The molecule has 0 saturated carbocycles. The molecule has 6 heteroatoms. The third-order valence-electron chi connectivity index (χ3n) is 1.83. The number of rotatable bonds is 1. The minimum Gasteiger partial charge on any atom is -0.350 e. The zero-order valence-corrected chi connectivity index (χ0v) is 7.59. The molecule has 0 aliphatic rings. The van der Waals surface area contributed by atoms with Gasteiger partial charge in [0.15, 0.2) is 5.82 Å². The molecule has 0 bridgehead atoms. The van der Waals surface area contributed by atoms with Gasteiger partial charge in [0.1, 0.15) is 12.1 Å². The standard InChI is InChI=1S/C9H7FN4O/c10-7-4-2-1-3-6(7)8-12-5-14(13-8)9(11)15/h1-5H,(H2,11,15). The molecule has 2 aromatic rings. The molecule has 0 atom stereocenters. The van der Waals surface area contributed by atoms with Crippen LogP contribution in [0.1, 0.15) is 0 Å². The van der Waals surface area contributed by atoms with E-state index in [2.05, 4.69) is 10.1 Å². The van der Waals surface area contributed by atoms with Crippen molar-refractivity contribution in [2.45, 2.75) is 0 Å². The molecule has 1 amide bonds. The normalized spacial score (nSPS) is 10.2. The first-order valence-electron chi connectivity index (χ1n) is 4.15. The van der Waals surface area contributed by atoms with Crippen molar-refractivity contribution in [2.75, 3.05) is 0 Å². The van der Waals surface area contributed by atoms with Gasteiger partial charge in [0.25, 0.3) is 0 Å². The molecule has 1 heterocycles. The molecule has 2 rings (SSSR count). The molecule has 15 heavy (non-hydrogen) atoms. The predicted molar refractivity (Wildman–Crippen MR) is 50.4 cm³/mol. The number of nitrogens with two attached hydrogens (primary N) is 1. The van der Waals surface area contributed by atoms with Crippen molar-refractivity contribution in [3.05, 3.63) is 36.4 Å². The van der Waals surface area contributed by atoms with Gasteiger partial charge in [-0.15, -0.1) is 5.10 Å². The van der Waals surface area contributed by atoms with Crippen LogP contribution in [0.25, 0.3) is 11.4 Å². The van der Waals surface area contributed by atoms with Crippen LogP contribution in [0, 0.1) is 5.82 Å². The maximum atomic E-state index is 13.3. The van der Waals surface area contributed by atoms with Crippen LogP contribution in [0.2, 0.25) is 0 Å². The van der Waals surface area contributed by atoms with Gasteiger partial charge < -0.3 is 5.73 Å². The van der Waals surface area contributed by atoms with E-state index in [4.69, 9.17) is 5.73 Å². The number of hydrogen-bond acceptors (Lipinski definition) is 3. The number of primary amides is 1. The van der Waals surface area contributed by atoms with E-state index < -0.39 is 11.8 Å². The summed E-state index contributed by atoms with van der Waals surface area (Å²) in [4.78, 5) is 14.5. The summed E-state index contributed by atoms with van der Waals surface area (Å²) >= 11 is 0. The zero-order chi connectivity index (χ0) is 10.8. The molecular formula is C9H7FN4O. The lowest BCUT2D eigenvalue weighted by atomic mass is 10.2. The molecule has 0 fully saturated rings. The van der Waals surface area contributed by atoms with E-state index in [0.717, 1.165) is 11.0 Å². The van der Waals surface area contributed by atoms with E-state index in [-0.39, 0.29) is 11.4 Å². The van der Waals surface area contributed by atoms with Crippen LogP contribution in [-0.2, 0) is 0 Å². The van der Waals surface area contributed by atoms with Gasteiger partial charge >= 0.3 is 6.03 Å². The highest BCUT2D eigenvalue weighted by molar-refractivity contribution is 5.73. The third-order valence-corrected chi connectivity index (χ3v) is 1.83. The minimum atomic E-state index is -0.759. The molecule has 0 saturated heterocycles. The predicted octanol–water partition coefficient (Wildman–Crippen LogP) is 1.01. The SMILES string of the molecule is NC(=O)n1cnc(-c2ccccc2F)n1. The number of halogens is 1. The quantitative estimate of drug-likeness (QED) is 0.756. The minimum absolute atomic E-state index is 0.131. The third kappa shape index (κ3) is 1.69. The van der Waals surface area contributed by atoms with Gasteiger partial charge in [-0.1, -0.05) is 12.1 Å². The molecule has 0 unspecified atom stereocenters. The lowest BCUT2D eigenvalue weighted by Crippen LogP contribution is -2.19. The maximum Gasteiger partial charge on any atom is 0.340 e. The number of hydrogen-bond donors (Lipinski definition) is 1. The summed E-state index contributed by atoms with van der Waals surface area (Å²) in [6, 6.07) is 5.27. The van der Waals surface area contributed by atoms with Crippen LogP contribution in [-0.4, -0.2) is 20.8 Å². The Morgan fingerprint density at radius 2 is 2.13 bits per heavy atom. The summed E-state index contributed by atoms with van der Waals surface area (Å²) in [5.74, 6) is -0.313. The summed E-state index contributed by atoms with van der Waals surface area (Å²) in [7, 11) is 0. The van der Waals surface area contributed by atoms with E-state index in [1.54, 1.807) is 12.1 Å². The highest BCUT2D eigenvalue weighted by Crippen LogP contribution is 2.17. The highest BCUT2D eigenvalue weighted by Gasteiger charge is 2.10. The van der Waals surface area contributed by atoms with Gasteiger partial charge in [-0.3, -0.25) is 0 Å². The molecule has 0 aliphatic carbocycles. The molecule has 1 aromatic heterocycles. The van der Waals surface area contributed by atoms with Crippen molar-refractivity contribution in [1.29, 1.82) is 0 Å². The molecule has 0 radical (unpaired) electrons. The van der Waals surface area contributed by atoms with Crippen LogP contribution in [0.3, 0.4) is 0 Å². The van der Waals surface area contributed by atoms with Crippen LogP contribution in [0.4, 0.5) is 9.18 Å². The Balaban J connectivity index is 2.46. The number of nitrogens with zero attached hydrogens (tertiary/aromatic N) is 3. The lowest BCUT2D eigenvalue weighted by molar-refractivity contribution is 0.247. The Morgan fingerprint density at radius 3 is 2.73 bits per heavy atom. The first-order chi connectivity index (χ1) is 7.18. The Hall–Kier alpha value is -2.24. The van der Waals surface area contributed by atoms with Gasteiger partial charge in [0, 0.05) is 0 Å². The molecule has 5 nitrogen and oxygen atoms in total. The van der Waals surface area contributed by atoms with E-state index >= 15 is 0 Å². The Bertz CT molecular complexity index is 508. The van der Waals surface area contributed by atoms with Gasteiger partial charge in [-0.05, 0) is 12.1 Å². The van der Waals surface area contributed by atoms with Gasteiger partial charge in [0.05, 0.1) is 5.56 Å². The number of aromatic nitrogens is 3.